The van der Waals surface area contributed by atoms with E-state index in [0.29, 0.717) is 34.5 Å². The Bertz CT molecular complexity index is 1190. The Balaban J connectivity index is 1.70. The highest BCUT2D eigenvalue weighted by atomic mass is 35.5. The number of hydrogen-bond acceptors (Lipinski definition) is 5. The average Bonchev–Trinajstić information content (AvgIpc) is 2.73. The van der Waals surface area contributed by atoms with Gasteiger partial charge in [-0.05, 0) is 49.6 Å². The maximum Gasteiger partial charge on any atom is 0.336 e. The predicted molar refractivity (Wildman–Crippen MR) is 120 cm³/mol. The molecular weight excluding hydrogens is 420 g/mol. The number of hydrogen-bond donors (Lipinski definition) is 2. The van der Waals surface area contributed by atoms with Gasteiger partial charge in [0.15, 0.2) is 6.10 Å². The molecule has 1 aromatic heterocycles. The molecule has 3 rings (SSSR count). The minimum absolute atomic E-state index is 0.0465. The normalized spacial score (nSPS) is 11.7. The number of halogens is 1. The summed E-state index contributed by atoms with van der Waals surface area (Å²) in [5.41, 5.74) is 2.13. The first-order valence-electron chi connectivity index (χ1n) is 9.78. The smallest absolute Gasteiger partial charge is 0.336 e. The van der Waals surface area contributed by atoms with Gasteiger partial charge < -0.3 is 19.8 Å². The van der Waals surface area contributed by atoms with Crippen molar-refractivity contribution in [1.29, 1.82) is 0 Å². The predicted octanol–water partition coefficient (Wildman–Crippen LogP) is 3.84. The van der Waals surface area contributed by atoms with Gasteiger partial charge >= 0.3 is 5.63 Å². The van der Waals surface area contributed by atoms with Crippen LogP contribution in [0.3, 0.4) is 0 Å². The van der Waals surface area contributed by atoms with Crippen LogP contribution in [0.25, 0.3) is 11.0 Å². The van der Waals surface area contributed by atoms with Gasteiger partial charge in [-0.1, -0.05) is 23.7 Å². The first-order chi connectivity index (χ1) is 14.8. The van der Waals surface area contributed by atoms with Gasteiger partial charge in [-0.3, -0.25) is 9.59 Å². The fourth-order valence-corrected chi connectivity index (χ4v) is 3.29. The van der Waals surface area contributed by atoms with E-state index in [-0.39, 0.29) is 17.6 Å². The number of ether oxygens (including phenoxy) is 1. The summed E-state index contributed by atoms with van der Waals surface area (Å²) < 4.78 is 10.9. The molecule has 0 aliphatic carbocycles. The molecule has 2 aromatic carbocycles. The summed E-state index contributed by atoms with van der Waals surface area (Å²) in [6.45, 7) is 3.38. The number of nitrogens with one attached hydrogen (secondary N) is 2. The fraction of sp³-hybridized carbons (Fsp3) is 0.261. The van der Waals surface area contributed by atoms with Crippen molar-refractivity contribution in [2.75, 3.05) is 12.4 Å². The first-order valence-corrected chi connectivity index (χ1v) is 10.2. The van der Waals surface area contributed by atoms with Crippen molar-refractivity contribution in [3.63, 3.8) is 0 Å². The Morgan fingerprint density at radius 3 is 2.71 bits per heavy atom. The number of benzene rings is 2. The van der Waals surface area contributed by atoms with Crippen molar-refractivity contribution in [1.82, 2.24) is 5.32 Å². The van der Waals surface area contributed by atoms with E-state index in [2.05, 4.69) is 10.6 Å². The van der Waals surface area contributed by atoms with Crippen LogP contribution in [-0.2, 0) is 16.0 Å². The van der Waals surface area contributed by atoms with Crippen molar-refractivity contribution < 1.29 is 18.7 Å². The molecule has 2 N–H and O–H groups in total. The number of amides is 2. The van der Waals surface area contributed by atoms with Gasteiger partial charge in [0, 0.05) is 36.7 Å². The van der Waals surface area contributed by atoms with Gasteiger partial charge in [-0.15, -0.1) is 0 Å². The summed E-state index contributed by atoms with van der Waals surface area (Å²) in [6.07, 6.45) is 0.0666. The molecule has 1 atom stereocenters. The number of rotatable bonds is 7. The highest BCUT2D eigenvalue weighted by molar-refractivity contribution is 6.32. The SMILES string of the molecule is CNC(=O)CCc1cccc(NC(=O)C(C)Oc2cc3oc(=O)cc(C)c3cc2Cl)c1. The van der Waals surface area contributed by atoms with Crippen LogP contribution in [-0.4, -0.2) is 25.0 Å². The molecule has 1 unspecified atom stereocenters. The second-order valence-corrected chi connectivity index (χ2v) is 7.56. The number of aryl methyl sites for hydroxylation is 2. The Kier molecular flexibility index (Phi) is 6.97. The molecule has 1 heterocycles. The maximum absolute atomic E-state index is 12.6. The van der Waals surface area contributed by atoms with Gasteiger partial charge in [-0.25, -0.2) is 4.79 Å². The Labute approximate surface area is 184 Å². The zero-order valence-electron chi connectivity index (χ0n) is 17.5. The topological polar surface area (TPSA) is 97.6 Å². The molecule has 31 heavy (non-hydrogen) atoms. The quantitative estimate of drug-likeness (QED) is 0.542. The summed E-state index contributed by atoms with van der Waals surface area (Å²) in [5, 5.41) is 6.38. The van der Waals surface area contributed by atoms with E-state index >= 15 is 0 Å². The van der Waals surface area contributed by atoms with Gasteiger partial charge in [0.2, 0.25) is 5.91 Å². The molecule has 8 heteroatoms. The number of carbonyl (C=O) groups is 2. The minimum atomic E-state index is -0.860. The minimum Gasteiger partial charge on any atom is -0.479 e. The lowest BCUT2D eigenvalue weighted by molar-refractivity contribution is -0.122. The van der Waals surface area contributed by atoms with E-state index in [1.807, 2.05) is 18.2 Å². The van der Waals surface area contributed by atoms with Crippen LogP contribution in [0.1, 0.15) is 24.5 Å². The highest BCUT2D eigenvalue weighted by Crippen LogP contribution is 2.31. The first kappa shape index (κ1) is 22.4. The molecule has 0 radical (unpaired) electrons. The van der Waals surface area contributed by atoms with Gasteiger partial charge in [0.05, 0.1) is 5.02 Å². The van der Waals surface area contributed by atoms with E-state index in [9.17, 15) is 14.4 Å². The Morgan fingerprint density at radius 2 is 1.97 bits per heavy atom. The molecule has 0 spiro atoms. The van der Waals surface area contributed by atoms with E-state index in [0.717, 1.165) is 11.1 Å². The third kappa shape index (κ3) is 5.64. The summed E-state index contributed by atoms with van der Waals surface area (Å²) in [7, 11) is 1.59. The standard InChI is InChI=1S/C23H23ClN2O5/c1-13-9-22(28)31-19-12-20(18(24)11-17(13)19)30-14(2)23(29)26-16-6-4-5-15(10-16)7-8-21(27)25-3/h4-6,9-12,14H,7-8H2,1-3H3,(H,25,27)(H,26,29). The number of carbonyl (C=O) groups excluding carboxylic acids is 2. The lowest BCUT2D eigenvalue weighted by Crippen LogP contribution is -2.30. The summed E-state index contributed by atoms with van der Waals surface area (Å²) in [4.78, 5) is 35.7. The molecule has 2 amide bonds. The van der Waals surface area contributed by atoms with Crippen molar-refractivity contribution in [3.8, 4) is 5.75 Å². The van der Waals surface area contributed by atoms with Gasteiger partial charge in [0.25, 0.3) is 5.91 Å². The molecule has 0 bridgehead atoms. The monoisotopic (exact) mass is 442 g/mol. The van der Waals surface area contributed by atoms with E-state index in [4.69, 9.17) is 20.8 Å². The second-order valence-electron chi connectivity index (χ2n) is 7.15. The lowest BCUT2D eigenvalue weighted by atomic mass is 10.1. The summed E-state index contributed by atoms with van der Waals surface area (Å²) in [6, 6.07) is 11.8. The molecule has 0 fully saturated rings. The zero-order chi connectivity index (χ0) is 22.5. The van der Waals surface area contributed by atoms with Crippen molar-refractivity contribution in [2.45, 2.75) is 32.8 Å². The van der Waals surface area contributed by atoms with Crippen LogP contribution in [0, 0.1) is 6.92 Å². The van der Waals surface area contributed by atoms with Crippen molar-refractivity contribution in [2.24, 2.45) is 0 Å². The Hall–Kier alpha value is -3.32. The van der Waals surface area contributed by atoms with E-state index in [1.165, 1.54) is 12.1 Å². The summed E-state index contributed by atoms with van der Waals surface area (Å²) in [5.74, 6) is -0.176. The molecule has 3 aromatic rings. The molecule has 7 nitrogen and oxygen atoms in total. The second kappa shape index (κ2) is 9.66. The van der Waals surface area contributed by atoms with Crippen LogP contribution in [0.2, 0.25) is 5.02 Å². The highest BCUT2D eigenvalue weighted by Gasteiger charge is 2.18. The average molecular weight is 443 g/mol. The fourth-order valence-electron chi connectivity index (χ4n) is 3.09. The molecule has 0 saturated heterocycles. The molecular formula is C23H23ClN2O5. The van der Waals surface area contributed by atoms with E-state index < -0.39 is 11.7 Å². The third-order valence-electron chi connectivity index (χ3n) is 4.79. The largest absolute Gasteiger partial charge is 0.479 e. The van der Waals surface area contributed by atoms with Crippen molar-refractivity contribution >= 4 is 40.1 Å². The maximum atomic E-state index is 12.6. The van der Waals surface area contributed by atoms with Crippen LogP contribution in [0.4, 0.5) is 5.69 Å². The third-order valence-corrected chi connectivity index (χ3v) is 5.09. The van der Waals surface area contributed by atoms with Crippen LogP contribution in [0.5, 0.6) is 5.75 Å². The molecule has 0 aliphatic rings. The van der Waals surface area contributed by atoms with Crippen LogP contribution in [0.15, 0.2) is 51.7 Å². The summed E-state index contributed by atoms with van der Waals surface area (Å²) >= 11 is 6.31. The Morgan fingerprint density at radius 1 is 1.19 bits per heavy atom. The van der Waals surface area contributed by atoms with Gasteiger partial charge in [0.1, 0.15) is 11.3 Å². The molecule has 0 aliphatic heterocycles. The molecule has 162 valence electrons. The number of fused-ring (bicyclic) bond motifs is 1. The van der Waals surface area contributed by atoms with Crippen LogP contribution >= 0.6 is 11.6 Å². The van der Waals surface area contributed by atoms with Crippen LogP contribution < -0.4 is 21.0 Å². The van der Waals surface area contributed by atoms with Gasteiger partial charge in [-0.2, -0.15) is 0 Å². The molecule has 0 saturated carbocycles. The lowest BCUT2D eigenvalue weighted by Gasteiger charge is -2.16. The zero-order valence-corrected chi connectivity index (χ0v) is 18.2. The number of anilines is 1. The van der Waals surface area contributed by atoms with Crippen molar-refractivity contribution in [3.05, 3.63) is 69.0 Å². The van der Waals surface area contributed by atoms with E-state index in [1.54, 1.807) is 33.0 Å².